The topological polar surface area (TPSA) is 92.3 Å². The molecule has 0 heterocycles. The SMILES string of the molecule is CC(=O)NCCNC(=O)CCS(=O)(=O)c1ccccc1Cl. The van der Waals surface area contributed by atoms with Crippen molar-refractivity contribution < 1.29 is 18.0 Å². The molecule has 2 amide bonds. The molecular weight excluding hydrogens is 316 g/mol. The Kier molecular flexibility index (Phi) is 6.64. The molecule has 2 N–H and O–H groups in total. The molecular formula is C13H17ClN2O4S. The lowest BCUT2D eigenvalue weighted by atomic mass is 10.4. The van der Waals surface area contributed by atoms with E-state index in [1.807, 2.05) is 0 Å². The Hall–Kier alpha value is -1.60. The van der Waals surface area contributed by atoms with Gasteiger partial charge in [-0.3, -0.25) is 9.59 Å². The van der Waals surface area contributed by atoms with Gasteiger partial charge in [-0.15, -0.1) is 0 Å². The number of carbonyl (C=O) groups is 2. The number of nitrogens with one attached hydrogen (secondary N) is 2. The smallest absolute Gasteiger partial charge is 0.221 e. The summed E-state index contributed by atoms with van der Waals surface area (Å²) in [5.74, 6) is -0.899. The van der Waals surface area contributed by atoms with Gasteiger partial charge in [0.05, 0.1) is 15.7 Å². The molecule has 0 aromatic heterocycles. The minimum Gasteiger partial charge on any atom is -0.355 e. The highest BCUT2D eigenvalue weighted by atomic mass is 35.5. The Balaban J connectivity index is 2.45. The second kappa shape index (κ2) is 7.99. The van der Waals surface area contributed by atoms with E-state index in [-0.39, 0.29) is 34.5 Å². The van der Waals surface area contributed by atoms with Crippen molar-refractivity contribution in [3.8, 4) is 0 Å². The molecule has 0 radical (unpaired) electrons. The number of sulfone groups is 1. The summed E-state index contributed by atoms with van der Waals surface area (Å²) < 4.78 is 24.1. The lowest BCUT2D eigenvalue weighted by Crippen LogP contribution is -2.34. The quantitative estimate of drug-likeness (QED) is 0.721. The van der Waals surface area contributed by atoms with Crippen LogP contribution in [-0.2, 0) is 19.4 Å². The van der Waals surface area contributed by atoms with E-state index < -0.39 is 15.7 Å². The standard InChI is InChI=1S/C13H17ClN2O4S/c1-10(17)15-7-8-16-13(18)6-9-21(19,20)12-5-3-2-4-11(12)14/h2-5H,6-9H2,1H3,(H,15,17)(H,16,18). The second-order valence-corrected chi connectivity index (χ2v) is 6.82. The summed E-state index contributed by atoms with van der Waals surface area (Å²) in [5.41, 5.74) is 0. The normalized spacial score (nSPS) is 11.0. The Labute approximate surface area is 128 Å². The third-order valence-electron chi connectivity index (χ3n) is 2.59. The number of amides is 2. The first-order valence-corrected chi connectivity index (χ1v) is 8.34. The number of benzene rings is 1. The molecule has 1 aromatic carbocycles. The van der Waals surface area contributed by atoms with Crippen LogP contribution in [0, 0.1) is 0 Å². The molecule has 0 aliphatic carbocycles. The summed E-state index contributed by atoms with van der Waals surface area (Å²) in [5, 5.41) is 5.18. The van der Waals surface area contributed by atoms with E-state index in [9.17, 15) is 18.0 Å². The number of halogens is 1. The predicted octanol–water partition coefficient (Wildman–Crippen LogP) is 0.756. The van der Waals surface area contributed by atoms with Gasteiger partial charge < -0.3 is 10.6 Å². The Morgan fingerprint density at radius 3 is 2.38 bits per heavy atom. The molecule has 116 valence electrons. The summed E-state index contributed by atoms with van der Waals surface area (Å²) in [7, 11) is -3.59. The number of rotatable bonds is 7. The summed E-state index contributed by atoms with van der Waals surface area (Å²) >= 11 is 5.84. The molecule has 1 aromatic rings. The van der Waals surface area contributed by atoms with E-state index in [1.54, 1.807) is 12.1 Å². The minimum atomic E-state index is -3.59. The molecule has 0 spiro atoms. The van der Waals surface area contributed by atoms with Crippen LogP contribution in [-0.4, -0.2) is 39.1 Å². The number of hydrogen-bond acceptors (Lipinski definition) is 4. The van der Waals surface area contributed by atoms with Crippen LogP contribution in [0.1, 0.15) is 13.3 Å². The maximum atomic E-state index is 12.1. The van der Waals surface area contributed by atoms with Crippen LogP contribution in [0.3, 0.4) is 0 Å². The van der Waals surface area contributed by atoms with Gasteiger partial charge in [-0.05, 0) is 12.1 Å². The van der Waals surface area contributed by atoms with E-state index in [2.05, 4.69) is 10.6 Å². The second-order valence-electron chi connectivity index (χ2n) is 4.33. The minimum absolute atomic E-state index is 0.0257. The summed E-state index contributed by atoms with van der Waals surface area (Å²) in [6.07, 6.45) is -0.159. The molecule has 21 heavy (non-hydrogen) atoms. The van der Waals surface area contributed by atoms with Gasteiger partial charge >= 0.3 is 0 Å². The molecule has 0 aliphatic rings. The van der Waals surface area contributed by atoms with Gasteiger partial charge in [0.2, 0.25) is 11.8 Å². The van der Waals surface area contributed by atoms with Gasteiger partial charge in [0.25, 0.3) is 0 Å². The molecule has 1 rings (SSSR count). The zero-order valence-electron chi connectivity index (χ0n) is 11.6. The summed E-state index contributed by atoms with van der Waals surface area (Å²) in [6.45, 7) is 1.93. The van der Waals surface area contributed by atoms with Gasteiger partial charge in [0, 0.05) is 26.4 Å². The third-order valence-corrected chi connectivity index (χ3v) is 4.80. The monoisotopic (exact) mass is 332 g/mol. The van der Waals surface area contributed by atoms with Crippen molar-refractivity contribution in [2.24, 2.45) is 0 Å². The van der Waals surface area contributed by atoms with Crippen molar-refractivity contribution in [1.29, 1.82) is 0 Å². The molecule has 0 atom stereocenters. The average molecular weight is 333 g/mol. The lowest BCUT2D eigenvalue weighted by Gasteiger charge is -2.07. The van der Waals surface area contributed by atoms with E-state index in [0.29, 0.717) is 6.54 Å². The fourth-order valence-corrected chi connectivity index (χ4v) is 3.38. The number of hydrogen-bond donors (Lipinski definition) is 2. The highest BCUT2D eigenvalue weighted by Gasteiger charge is 2.18. The van der Waals surface area contributed by atoms with Crippen molar-refractivity contribution in [2.45, 2.75) is 18.2 Å². The number of carbonyl (C=O) groups excluding carboxylic acids is 2. The largest absolute Gasteiger partial charge is 0.355 e. The molecule has 6 nitrogen and oxygen atoms in total. The van der Waals surface area contributed by atoms with Crippen molar-refractivity contribution in [3.63, 3.8) is 0 Å². The van der Waals surface area contributed by atoms with E-state index in [4.69, 9.17) is 11.6 Å². The van der Waals surface area contributed by atoms with E-state index in [1.165, 1.54) is 19.1 Å². The molecule has 0 saturated heterocycles. The first-order valence-electron chi connectivity index (χ1n) is 6.31. The van der Waals surface area contributed by atoms with Crippen molar-refractivity contribution in [2.75, 3.05) is 18.8 Å². The highest BCUT2D eigenvalue weighted by Crippen LogP contribution is 2.21. The fourth-order valence-electron chi connectivity index (χ4n) is 1.56. The summed E-state index contributed by atoms with van der Waals surface area (Å²) in [6, 6.07) is 6.11. The van der Waals surface area contributed by atoms with Crippen LogP contribution in [0.4, 0.5) is 0 Å². The first kappa shape index (κ1) is 17.5. The van der Waals surface area contributed by atoms with Gasteiger partial charge in [-0.25, -0.2) is 8.42 Å². The molecule has 0 saturated carbocycles. The highest BCUT2D eigenvalue weighted by molar-refractivity contribution is 7.91. The first-order chi connectivity index (χ1) is 9.83. The van der Waals surface area contributed by atoms with Crippen LogP contribution in [0.5, 0.6) is 0 Å². The van der Waals surface area contributed by atoms with E-state index in [0.717, 1.165) is 0 Å². The predicted molar refractivity (Wildman–Crippen MR) is 79.8 cm³/mol. The molecule has 0 unspecified atom stereocenters. The van der Waals surface area contributed by atoms with Gasteiger partial charge in [0.1, 0.15) is 0 Å². The maximum Gasteiger partial charge on any atom is 0.221 e. The molecule has 0 aliphatic heterocycles. The van der Waals surface area contributed by atoms with Crippen molar-refractivity contribution in [1.82, 2.24) is 10.6 Å². The van der Waals surface area contributed by atoms with Crippen molar-refractivity contribution in [3.05, 3.63) is 29.3 Å². The molecule has 0 fully saturated rings. The zero-order chi connectivity index (χ0) is 15.9. The Morgan fingerprint density at radius 1 is 1.14 bits per heavy atom. The van der Waals surface area contributed by atoms with Crippen molar-refractivity contribution >= 4 is 33.3 Å². The molecule has 8 heteroatoms. The zero-order valence-corrected chi connectivity index (χ0v) is 13.1. The fraction of sp³-hybridized carbons (Fsp3) is 0.385. The maximum absolute atomic E-state index is 12.1. The van der Waals surface area contributed by atoms with Crippen LogP contribution < -0.4 is 10.6 Å². The lowest BCUT2D eigenvalue weighted by molar-refractivity contribution is -0.121. The average Bonchev–Trinajstić information content (AvgIpc) is 2.41. The van der Waals surface area contributed by atoms with Crippen LogP contribution in [0.25, 0.3) is 0 Å². The summed E-state index contributed by atoms with van der Waals surface area (Å²) in [4.78, 5) is 22.2. The van der Waals surface area contributed by atoms with Crippen LogP contribution in [0.2, 0.25) is 5.02 Å². The van der Waals surface area contributed by atoms with Gasteiger partial charge in [-0.2, -0.15) is 0 Å². The van der Waals surface area contributed by atoms with Crippen LogP contribution >= 0.6 is 11.6 Å². The van der Waals surface area contributed by atoms with Gasteiger partial charge in [0.15, 0.2) is 9.84 Å². The Bertz CT molecular complexity index is 616. The third kappa shape index (κ3) is 6.14. The van der Waals surface area contributed by atoms with E-state index >= 15 is 0 Å². The van der Waals surface area contributed by atoms with Gasteiger partial charge in [-0.1, -0.05) is 23.7 Å². The molecule has 0 bridgehead atoms. The van der Waals surface area contributed by atoms with Crippen LogP contribution in [0.15, 0.2) is 29.2 Å². The Morgan fingerprint density at radius 2 is 1.76 bits per heavy atom.